The average Bonchev–Trinajstić information content (AvgIpc) is 3.18. The van der Waals surface area contributed by atoms with E-state index < -0.39 is 10.8 Å². The van der Waals surface area contributed by atoms with Gasteiger partial charge in [-0.2, -0.15) is 4.98 Å². The van der Waals surface area contributed by atoms with Crippen LogP contribution in [-0.2, 0) is 22.3 Å². The maximum atomic E-state index is 12.3. The van der Waals surface area contributed by atoms with Crippen molar-refractivity contribution in [1.82, 2.24) is 10.1 Å². The van der Waals surface area contributed by atoms with Crippen molar-refractivity contribution < 1.29 is 8.73 Å². The summed E-state index contributed by atoms with van der Waals surface area (Å²) in [5.74, 6) is 2.27. The molecular weight excluding hydrogens is 328 g/mol. The van der Waals surface area contributed by atoms with Gasteiger partial charge in [0.2, 0.25) is 11.7 Å². The Morgan fingerprint density at radius 2 is 1.96 bits per heavy atom. The highest BCUT2D eigenvalue weighted by molar-refractivity contribution is 7.83. The molecule has 0 saturated carbocycles. The molecule has 4 nitrogen and oxygen atoms in total. The van der Waals surface area contributed by atoms with Crippen LogP contribution in [0.2, 0.25) is 0 Å². The van der Waals surface area contributed by atoms with E-state index in [1.165, 1.54) is 5.56 Å². The second-order valence-electron chi connectivity index (χ2n) is 5.61. The second-order valence-corrected chi connectivity index (χ2v) is 8.02. The maximum Gasteiger partial charge on any atom is 0.239 e. The predicted molar refractivity (Wildman–Crippen MR) is 93.7 cm³/mol. The zero-order valence-electron chi connectivity index (χ0n) is 13.1. The second kappa shape index (κ2) is 7.19. The van der Waals surface area contributed by atoms with Gasteiger partial charge in [0, 0.05) is 16.6 Å². The van der Waals surface area contributed by atoms with E-state index in [1.807, 2.05) is 29.6 Å². The van der Waals surface area contributed by atoms with Gasteiger partial charge in [-0.25, -0.2) is 0 Å². The molecule has 0 aliphatic rings. The highest BCUT2D eigenvalue weighted by Gasteiger charge is 2.12. The van der Waals surface area contributed by atoms with Crippen molar-refractivity contribution in [3.8, 4) is 10.7 Å². The third kappa shape index (κ3) is 4.14. The lowest BCUT2D eigenvalue weighted by atomic mass is 10.0. The van der Waals surface area contributed by atoms with Gasteiger partial charge in [0.15, 0.2) is 0 Å². The lowest BCUT2D eigenvalue weighted by Crippen LogP contribution is -2.00. The number of hydrogen-bond donors (Lipinski definition) is 0. The Morgan fingerprint density at radius 1 is 1.17 bits per heavy atom. The average molecular weight is 346 g/mol. The number of rotatable bonds is 6. The first-order valence-electron chi connectivity index (χ1n) is 7.42. The van der Waals surface area contributed by atoms with Crippen molar-refractivity contribution in [3.05, 3.63) is 58.8 Å². The van der Waals surface area contributed by atoms with Crippen molar-refractivity contribution in [2.45, 2.75) is 31.3 Å². The molecule has 3 aromatic rings. The molecule has 2 heterocycles. The van der Waals surface area contributed by atoms with Crippen LogP contribution in [0.15, 0.2) is 46.3 Å². The summed E-state index contributed by atoms with van der Waals surface area (Å²) in [7, 11) is -1.07. The van der Waals surface area contributed by atoms with E-state index in [0.29, 0.717) is 23.4 Å². The maximum absolute atomic E-state index is 12.3. The number of hydrogen-bond acceptors (Lipinski definition) is 5. The normalized spacial score (nSPS) is 12.7. The van der Waals surface area contributed by atoms with Crippen LogP contribution in [0.4, 0.5) is 0 Å². The Labute approximate surface area is 142 Å². The standard InChI is InChI=1S/C17H18N2O2S2/c1-12(2)14-7-5-13(6-8-14)10-23(20)11-16-18-17(19-21-16)15-4-3-9-22-15/h3-9,12H,10-11H2,1-2H3. The van der Waals surface area contributed by atoms with Crippen molar-refractivity contribution in [3.63, 3.8) is 0 Å². The molecule has 1 aromatic carbocycles. The van der Waals surface area contributed by atoms with E-state index in [9.17, 15) is 4.21 Å². The molecule has 6 heteroatoms. The highest BCUT2D eigenvalue weighted by Crippen LogP contribution is 2.22. The largest absolute Gasteiger partial charge is 0.338 e. The third-order valence-electron chi connectivity index (χ3n) is 3.47. The van der Waals surface area contributed by atoms with Crippen LogP contribution in [-0.4, -0.2) is 14.3 Å². The molecule has 0 radical (unpaired) electrons. The summed E-state index contributed by atoms with van der Waals surface area (Å²) >= 11 is 1.55. The molecule has 0 bridgehead atoms. The molecule has 0 N–H and O–H groups in total. The van der Waals surface area contributed by atoms with E-state index in [1.54, 1.807) is 11.3 Å². The Kier molecular flexibility index (Phi) is 5.03. The highest BCUT2D eigenvalue weighted by atomic mass is 32.2. The van der Waals surface area contributed by atoms with Crippen LogP contribution in [0.1, 0.15) is 36.8 Å². The van der Waals surface area contributed by atoms with E-state index in [-0.39, 0.29) is 5.75 Å². The first-order chi connectivity index (χ1) is 11.1. The summed E-state index contributed by atoms with van der Waals surface area (Å²) in [6.45, 7) is 4.32. The Hall–Kier alpha value is -1.79. The lowest BCUT2D eigenvalue weighted by molar-refractivity contribution is 0.391. The Bertz CT molecular complexity index is 777. The number of nitrogens with zero attached hydrogens (tertiary/aromatic N) is 2. The van der Waals surface area contributed by atoms with Crippen molar-refractivity contribution in [2.24, 2.45) is 0 Å². The van der Waals surface area contributed by atoms with Crippen molar-refractivity contribution in [2.75, 3.05) is 0 Å². The zero-order chi connectivity index (χ0) is 16.2. The van der Waals surface area contributed by atoms with Crippen molar-refractivity contribution in [1.29, 1.82) is 0 Å². The molecule has 1 atom stereocenters. The molecule has 0 aliphatic carbocycles. The van der Waals surface area contributed by atoms with Crippen LogP contribution in [0, 0.1) is 0 Å². The fourth-order valence-electron chi connectivity index (χ4n) is 2.19. The minimum absolute atomic E-state index is 0.282. The molecule has 0 saturated heterocycles. The molecule has 0 aliphatic heterocycles. The molecule has 0 amide bonds. The van der Waals surface area contributed by atoms with Gasteiger partial charge in [0.05, 0.1) is 4.88 Å². The van der Waals surface area contributed by atoms with Crippen molar-refractivity contribution >= 4 is 22.1 Å². The minimum atomic E-state index is -1.07. The monoisotopic (exact) mass is 346 g/mol. The van der Waals surface area contributed by atoms with E-state index in [4.69, 9.17) is 4.52 Å². The fourth-order valence-corrected chi connectivity index (χ4v) is 3.90. The van der Waals surface area contributed by atoms with Crippen LogP contribution in [0.3, 0.4) is 0 Å². The lowest BCUT2D eigenvalue weighted by Gasteiger charge is -2.06. The minimum Gasteiger partial charge on any atom is -0.338 e. The van der Waals surface area contributed by atoms with Gasteiger partial charge in [-0.05, 0) is 28.5 Å². The SMILES string of the molecule is CC(C)c1ccc(CS(=O)Cc2nc(-c3cccs3)no2)cc1. The van der Waals surface area contributed by atoms with Gasteiger partial charge in [-0.1, -0.05) is 49.3 Å². The van der Waals surface area contributed by atoms with Crippen LogP contribution in [0.25, 0.3) is 10.7 Å². The summed E-state index contributed by atoms with van der Waals surface area (Å²) in [6, 6.07) is 12.1. The summed E-state index contributed by atoms with van der Waals surface area (Å²) in [5.41, 5.74) is 2.35. The smallest absolute Gasteiger partial charge is 0.239 e. The van der Waals surface area contributed by atoms with Gasteiger partial charge in [-0.3, -0.25) is 4.21 Å². The van der Waals surface area contributed by atoms with Crippen LogP contribution < -0.4 is 0 Å². The van der Waals surface area contributed by atoms with Crippen LogP contribution >= 0.6 is 11.3 Å². The molecular formula is C17H18N2O2S2. The molecule has 3 rings (SSSR count). The first kappa shape index (κ1) is 16.1. The quantitative estimate of drug-likeness (QED) is 0.665. The Balaban J connectivity index is 1.61. The molecule has 120 valence electrons. The number of thiophene rings is 1. The molecule has 0 spiro atoms. The zero-order valence-corrected chi connectivity index (χ0v) is 14.7. The molecule has 2 aromatic heterocycles. The molecule has 23 heavy (non-hydrogen) atoms. The van der Waals surface area contributed by atoms with Crippen LogP contribution in [0.5, 0.6) is 0 Å². The van der Waals surface area contributed by atoms with E-state index >= 15 is 0 Å². The summed E-state index contributed by atoms with van der Waals surface area (Å²) < 4.78 is 17.5. The van der Waals surface area contributed by atoms with Gasteiger partial charge in [0.25, 0.3) is 0 Å². The number of aromatic nitrogens is 2. The Morgan fingerprint density at radius 3 is 2.61 bits per heavy atom. The van der Waals surface area contributed by atoms with Gasteiger partial charge < -0.3 is 4.52 Å². The van der Waals surface area contributed by atoms with Gasteiger partial charge in [0.1, 0.15) is 5.75 Å². The number of benzene rings is 1. The molecule has 0 fully saturated rings. The first-order valence-corrected chi connectivity index (χ1v) is 9.79. The summed E-state index contributed by atoms with van der Waals surface area (Å²) in [6.07, 6.45) is 0. The summed E-state index contributed by atoms with van der Waals surface area (Å²) in [5, 5.41) is 5.90. The van der Waals surface area contributed by atoms with E-state index in [0.717, 1.165) is 10.4 Å². The van der Waals surface area contributed by atoms with E-state index in [2.05, 4.69) is 36.1 Å². The fraction of sp³-hybridized carbons (Fsp3) is 0.294. The van der Waals surface area contributed by atoms with Gasteiger partial charge in [-0.15, -0.1) is 11.3 Å². The molecule has 1 unspecified atom stereocenters. The van der Waals surface area contributed by atoms with Gasteiger partial charge >= 0.3 is 0 Å². The predicted octanol–water partition coefficient (Wildman–Crippen LogP) is 4.37. The topological polar surface area (TPSA) is 56.0 Å². The summed E-state index contributed by atoms with van der Waals surface area (Å²) in [4.78, 5) is 5.26. The third-order valence-corrected chi connectivity index (χ3v) is 5.56.